The summed E-state index contributed by atoms with van der Waals surface area (Å²) >= 11 is 1.58. The standard InChI is InChI=1S/C25H32F3N3O3S/c1-17-14-29-24(35-17)13-20(32)12-18-2-4-21(33-15-18)7-10-31-9-6-19-3-5-23(30-22(19)8-11-31)34-16-25(26,27)28/h3,5,14,18,21H,2,4,6-13,15-16H2,1H3/t18-,21-/m1/s1. The normalized spacial score (nSPS) is 21.4. The van der Waals surface area contributed by atoms with Gasteiger partial charge < -0.3 is 14.4 Å². The van der Waals surface area contributed by atoms with Crippen LogP contribution in [0.15, 0.2) is 18.3 Å². The van der Waals surface area contributed by atoms with Gasteiger partial charge in [0.05, 0.1) is 19.1 Å². The molecule has 0 aromatic carbocycles. The van der Waals surface area contributed by atoms with Crippen LogP contribution in [0.5, 0.6) is 5.88 Å². The Balaban J connectivity index is 1.16. The van der Waals surface area contributed by atoms with Gasteiger partial charge in [0, 0.05) is 55.3 Å². The molecule has 0 amide bonds. The first kappa shape index (κ1) is 26.0. The number of rotatable bonds is 9. The first-order valence-corrected chi connectivity index (χ1v) is 13.0. The van der Waals surface area contributed by atoms with Crippen molar-refractivity contribution in [3.8, 4) is 5.88 Å². The van der Waals surface area contributed by atoms with Gasteiger partial charge in [0.15, 0.2) is 6.61 Å². The molecule has 2 aromatic heterocycles. The van der Waals surface area contributed by atoms with Crippen molar-refractivity contribution in [2.24, 2.45) is 5.92 Å². The number of halogens is 3. The number of ketones is 1. The molecule has 0 saturated carbocycles. The van der Waals surface area contributed by atoms with Crippen molar-refractivity contribution in [2.45, 2.75) is 64.1 Å². The van der Waals surface area contributed by atoms with Crippen LogP contribution in [0.4, 0.5) is 13.2 Å². The van der Waals surface area contributed by atoms with Crippen LogP contribution in [-0.4, -0.2) is 65.8 Å². The number of alkyl halides is 3. The van der Waals surface area contributed by atoms with Crippen LogP contribution in [0, 0.1) is 12.8 Å². The lowest BCUT2D eigenvalue weighted by molar-refractivity contribution is -0.154. The first-order chi connectivity index (χ1) is 16.7. The molecule has 2 aliphatic rings. The SMILES string of the molecule is Cc1cnc(CC(=O)C[C@H]2CC[C@H](CCN3CCc4ccc(OCC(F)(F)F)nc4CC3)OC2)s1. The van der Waals surface area contributed by atoms with Gasteiger partial charge in [-0.05, 0) is 44.1 Å². The van der Waals surface area contributed by atoms with Crippen molar-refractivity contribution in [2.75, 3.05) is 32.8 Å². The molecule has 0 spiro atoms. The molecule has 4 heterocycles. The van der Waals surface area contributed by atoms with E-state index < -0.39 is 12.8 Å². The average Bonchev–Trinajstić information content (AvgIpc) is 3.10. The Bertz CT molecular complexity index is 990. The van der Waals surface area contributed by atoms with E-state index in [1.165, 1.54) is 6.07 Å². The highest BCUT2D eigenvalue weighted by Gasteiger charge is 2.29. The lowest BCUT2D eigenvalue weighted by atomic mass is 9.92. The molecule has 0 bridgehead atoms. The highest BCUT2D eigenvalue weighted by atomic mass is 32.1. The summed E-state index contributed by atoms with van der Waals surface area (Å²) in [5, 5.41) is 0.891. The predicted octanol–water partition coefficient (Wildman–Crippen LogP) is 4.58. The van der Waals surface area contributed by atoms with Gasteiger partial charge >= 0.3 is 6.18 Å². The minimum atomic E-state index is -4.37. The fraction of sp³-hybridized carbons (Fsp3) is 0.640. The molecule has 1 saturated heterocycles. The van der Waals surface area contributed by atoms with Crippen molar-refractivity contribution < 1.29 is 27.4 Å². The third-order valence-electron chi connectivity index (χ3n) is 6.55. The van der Waals surface area contributed by atoms with E-state index in [9.17, 15) is 18.0 Å². The number of Topliss-reactive ketones (excluding diaryl/α,β-unsaturated/α-hetero) is 1. The Morgan fingerprint density at radius 3 is 2.80 bits per heavy atom. The molecule has 192 valence electrons. The molecule has 0 radical (unpaired) electrons. The number of carbonyl (C=O) groups is 1. The molecule has 2 aromatic rings. The second kappa shape index (κ2) is 11.8. The monoisotopic (exact) mass is 511 g/mol. The Hall–Kier alpha value is -2.04. The summed E-state index contributed by atoms with van der Waals surface area (Å²) in [5.41, 5.74) is 1.89. The maximum absolute atomic E-state index is 12.4. The Morgan fingerprint density at radius 2 is 2.09 bits per heavy atom. The van der Waals surface area contributed by atoms with Crippen LogP contribution in [0.2, 0.25) is 0 Å². The molecular formula is C25H32F3N3O3S. The molecule has 0 aliphatic carbocycles. The number of ether oxygens (including phenoxy) is 2. The maximum Gasteiger partial charge on any atom is 0.422 e. The zero-order chi connectivity index (χ0) is 24.8. The number of aryl methyl sites for hydroxylation is 1. The van der Waals surface area contributed by atoms with Crippen LogP contribution in [0.25, 0.3) is 0 Å². The van der Waals surface area contributed by atoms with Gasteiger partial charge in [-0.1, -0.05) is 6.07 Å². The van der Waals surface area contributed by atoms with Crippen LogP contribution in [0.1, 0.15) is 46.8 Å². The van der Waals surface area contributed by atoms with Crippen LogP contribution in [0.3, 0.4) is 0 Å². The number of fused-ring (bicyclic) bond motifs is 1. The molecule has 1 fully saturated rings. The molecule has 2 atom stereocenters. The topological polar surface area (TPSA) is 64.6 Å². The van der Waals surface area contributed by atoms with Crippen LogP contribution >= 0.6 is 11.3 Å². The van der Waals surface area contributed by atoms with Gasteiger partial charge in [-0.2, -0.15) is 13.2 Å². The Morgan fingerprint density at radius 1 is 1.26 bits per heavy atom. The molecule has 2 aliphatic heterocycles. The molecular weight excluding hydrogens is 479 g/mol. The fourth-order valence-electron chi connectivity index (χ4n) is 4.69. The number of nitrogens with zero attached hydrogens (tertiary/aromatic N) is 3. The summed E-state index contributed by atoms with van der Waals surface area (Å²) in [6.07, 6.45) is 3.01. The number of hydrogen-bond donors (Lipinski definition) is 0. The van der Waals surface area contributed by atoms with Gasteiger partial charge in [0.1, 0.15) is 10.8 Å². The molecule has 35 heavy (non-hydrogen) atoms. The van der Waals surface area contributed by atoms with E-state index in [2.05, 4.69) is 14.9 Å². The number of carbonyl (C=O) groups excluding carboxylic acids is 1. The second-order valence-electron chi connectivity index (χ2n) is 9.47. The Labute approximate surface area is 207 Å². The third-order valence-corrected chi connectivity index (χ3v) is 7.47. The zero-order valence-electron chi connectivity index (χ0n) is 20.0. The quantitative estimate of drug-likeness (QED) is 0.491. The van der Waals surface area contributed by atoms with E-state index in [1.807, 2.05) is 19.2 Å². The number of pyridine rings is 1. The van der Waals surface area contributed by atoms with Gasteiger partial charge in [-0.15, -0.1) is 11.3 Å². The summed E-state index contributed by atoms with van der Waals surface area (Å²) < 4.78 is 48.1. The van der Waals surface area contributed by atoms with Crippen molar-refractivity contribution in [1.82, 2.24) is 14.9 Å². The van der Waals surface area contributed by atoms with Crippen molar-refractivity contribution in [3.63, 3.8) is 0 Å². The number of aromatic nitrogens is 2. The summed E-state index contributed by atoms with van der Waals surface area (Å²) in [5.74, 6) is 0.545. The van der Waals surface area contributed by atoms with Crippen LogP contribution in [-0.2, 0) is 28.8 Å². The van der Waals surface area contributed by atoms with Gasteiger partial charge in [-0.25, -0.2) is 9.97 Å². The van der Waals surface area contributed by atoms with Crippen molar-refractivity contribution >= 4 is 17.1 Å². The molecule has 0 unspecified atom stereocenters. The van der Waals surface area contributed by atoms with E-state index >= 15 is 0 Å². The molecule has 10 heteroatoms. The van der Waals surface area contributed by atoms with Gasteiger partial charge in [0.2, 0.25) is 5.88 Å². The van der Waals surface area contributed by atoms with E-state index in [-0.39, 0.29) is 23.7 Å². The lowest BCUT2D eigenvalue weighted by Gasteiger charge is -2.30. The van der Waals surface area contributed by atoms with E-state index in [0.717, 1.165) is 66.5 Å². The van der Waals surface area contributed by atoms with Gasteiger partial charge in [0.25, 0.3) is 0 Å². The maximum atomic E-state index is 12.4. The van der Waals surface area contributed by atoms with E-state index in [4.69, 9.17) is 9.47 Å². The number of thiazole rings is 1. The molecule has 0 N–H and O–H groups in total. The largest absolute Gasteiger partial charge is 0.468 e. The second-order valence-corrected chi connectivity index (χ2v) is 10.8. The van der Waals surface area contributed by atoms with E-state index in [1.54, 1.807) is 11.3 Å². The van der Waals surface area contributed by atoms with Gasteiger partial charge in [-0.3, -0.25) is 4.79 Å². The number of hydrogen-bond acceptors (Lipinski definition) is 7. The summed E-state index contributed by atoms with van der Waals surface area (Å²) in [7, 11) is 0. The zero-order valence-corrected chi connectivity index (χ0v) is 20.8. The third kappa shape index (κ3) is 8.25. The highest BCUT2D eigenvalue weighted by Crippen LogP contribution is 2.26. The van der Waals surface area contributed by atoms with E-state index in [0.29, 0.717) is 25.9 Å². The minimum absolute atomic E-state index is 0.0277. The highest BCUT2D eigenvalue weighted by molar-refractivity contribution is 7.11. The summed E-state index contributed by atoms with van der Waals surface area (Å²) in [4.78, 5) is 24.5. The predicted molar refractivity (Wildman–Crippen MR) is 127 cm³/mol. The molecule has 6 nitrogen and oxygen atoms in total. The minimum Gasteiger partial charge on any atom is -0.468 e. The Kier molecular flexibility index (Phi) is 8.77. The fourth-order valence-corrected chi connectivity index (χ4v) is 5.51. The smallest absolute Gasteiger partial charge is 0.422 e. The average molecular weight is 512 g/mol. The summed E-state index contributed by atoms with van der Waals surface area (Å²) in [6.45, 7) is 3.90. The lowest BCUT2D eigenvalue weighted by Crippen LogP contribution is -2.33. The van der Waals surface area contributed by atoms with Crippen molar-refractivity contribution in [3.05, 3.63) is 39.5 Å². The molecule has 4 rings (SSSR count). The summed E-state index contributed by atoms with van der Waals surface area (Å²) in [6, 6.07) is 3.36. The first-order valence-electron chi connectivity index (χ1n) is 12.2. The van der Waals surface area contributed by atoms with Crippen molar-refractivity contribution in [1.29, 1.82) is 0 Å². The van der Waals surface area contributed by atoms with Crippen LogP contribution < -0.4 is 4.74 Å².